The van der Waals surface area contributed by atoms with Gasteiger partial charge in [0, 0.05) is 16.3 Å². The summed E-state index contributed by atoms with van der Waals surface area (Å²) in [6.07, 6.45) is 1.52. The number of nitrogens with zero attached hydrogens (tertiary/aromatic N) is 1. The number of hydrogen-bond acceptors (Lipinski definition) is 5. The second kappa shape index (κ2) is 9.04. The van der Waals surface area contributed by atoms with Gasteiger partial charge < -0.3 is 14.4 Å². The second-order valence-electron chi connectivity index (χ2n) is 7.68. The Morgan fingerprint density at radius 3 is 2.09 bits per heavy atom. The Morgan fingerprint density at radius 1 is 0.941 bits per heavy atom. The van der Waals surface area contributed by atoms with Crippen molar-refractivity contribution >= 4 is 51.0 Å². The fourth-order valence-corrected chi connectivity index (χ4v) is 4.46. The third-order valence-corrected chi connectivity index (χ3v) is 6.02. The van der Waals surface area contributed by atoms with Crippen LogP contribution >= 0.6 is 11.6 Å². The van der Waals surface area contributed by atoms with Gasteiger partial charge in [0.2, 0.25) is 5.76 Å². The fraction of sp³-hybridized carbons (Fsp3) is 0.0714. The smallest absolute Gasteiger partial charge is 0.344 e. The van der Waals surface area contributed by atoms with Crippen molar-refractivity contribution in [3.05, 3.63) is 101 Å². The van der Waals surface area contributed by atoms with Crippen molar-refractivity contribution in [1.29, 1.82) is 0 Å². The minimum absolute atomic E-state index is 0.0552. The van der Waals surface area contributed by atoms with E-state index in [-0.39, 0.29) is 29.4 Å². The number of carbonyl (C=O) groups is 1. The van der Waals surface area contributed by atoms with E-state index in [0.717, 1.165) is 27.1 Å². The normalized spacial score (nSPS) is 11.8. The predicted octanol–water partition coefficient (Wildman–Crippen LogP) is 7.53. The van der Waals surface area contributed by atoms with Crippen LogP contribution in [0.4, 0.5) is 0 Å². The molecule has 0 unspecified atom stereocenters. The average Bonchev–Trinajstić information content (AvgIpc) is 3.30. The molecule has 4 aromatic carbocycles. The molecule has 0 fully saturated rings. The molecule has 6 heteroatoms. The van der Waals surface area contributed by atoms with Gasteiger partial charge in [-0.25, -0.2) is 4.79 Å². The Labute approximate surface area is 200 Å². The molecule has 0 radical (unpaired) electrons. The SMILES string of the molecule is CCOC(=O)c1c(-c2c3ccccc3c(Cl)c3ccccc23)noc1/C(O)=C/c1ccccc1. The van der Waals surface area contributed by atoms with Gasteiger partial charge in [0.25, 0.3) is 0 Å². The van der Waals surface area contributed by atoms with E-state index in [1.165, 1.54) is 6.08 Å². The van der Waals surface area contributed by atoms with Crippen LogP contribution in [0.15, 0.2) is 83.4 Å². The summed E-state index contributed by atoms with van der Waals surface area (Å²) in [4.78, 5) is 13.1. The van der Waals surface area contributed by atoms with Gasteiger partial charge in [0.15, 0.2) is 5.76 Å². The van der Waals surface area contributed by atoms with Gasteiger partial charge in [-0.05, 0) is 29.3 Å². The van der Waals surface area contributed by atoms with Gasteiger partial charge in [-0.3, -0.25) is 0 Å². The molecule has 0 aliphatic heterocycles. The number of aliphatic hydroxyl groups is 1. The zero-order chi connectivity index (χ0) is 23.7. The monoisotopic (exact) mass is 469 g/mol. The summed E-state index contributed by atoms with van der Waals surface area (Å²) < 4.78 is 10.9. The summed E-state index contributed by atoms with van der Waals surface area (Å²) in [5, 5.41) is 19.0. The Bertz CT molecular complexity index is 1500. The summed E-state index contributed by atoms with van der Waals surface area (Å²) in [6.45, 7) is 1.88. The summed E-state index contributed by atoms with van der Waals surface area (Å²) >= 11 is 6.75. The maximum absolute atomic E-state index is 13.1. The van der Waals surface area contributed by atoms with E-state index in [9.17, 15) is 9.90 Å². The standard InChI is InChI=1S/C28H20ClNO4/c1-2-33-28(32)24-26(30-34-27(24)22(31)16-17-10-4-3-5-11-17)23-18-12-6-8-14-20(18)25(29)21-15-9-7-13-19(21)23/h3-16,31H,2H2,1H3/b22-16-. The molecule has 5 nitrogen and oxygen atoms in total. The molecule has 1 aromatic heterocycles. The highest BCUT2D eigenvalue weighted by atomic mass is 35.5. The van der Waals surface area contributed by atoms with Crippen LogP contribution in [0.25, 0.3) is 44.6 Å². The van der Waals surface area contributed by atoms with Crippen molar-refractivity contribution in [2.24, 2.45) is 0 Å². The highest BCUT2D eigenvalue weighted by Crippen LogP contribution is 2.43. The molecular formula is C28H20ClNO4. The van der Waals surface area contributed by atoms with Crippen LogP contribution in [0.2, 0.25) is 5.02 Å². The molecule has 0 bridgehead atoms. The molecule has 168 valence electrons. The zero-order valence-electron chi connectivity index (χ0n) is 18.3. The minimum Gasteiger partial charge on any atom is -0.504 e. The Kier molecular flexibility index (Phi) is 5.78. The maximum Gasteiger partial charge on any atom is 0.344 e. The van der Waals surface area contributed by atoms with Gasteiger partial charge in [0.1, 0.15) is 11.3 Å². The number of fused-ring (bicyclic) bond motifs is 2. The van der Waals surface area contributed by atoms with E-state index >= 15 is 0 Å². The summed E-state index contributed by atoms with van der Waals surface area (Å²) in [5.74, 6) is -0.916. The van der Waals surface area contributed by atoms with Gasteiger partial charge in [-0.15, -0.1) is 0 Å². The molecule has 5 aromatic rings. The van der Waals surface area contributed by atoms with Crippen LogP contribution in [0.1, 0.15) is 28.6 Å². The Hall–Kier alpha value is -4.09. The van der Waals surface area contributed by atoms with E-state index in [1.807, 2.05) is 78.9 Å². The third-order valence-electron chi connectivity index (χ3n) is 5.61. The molecular weight excluding hydrogens is 450 g/mol. The molecule has 0 saturated heterocycles. The third kappa shape index (κ3) is 3.70. The summed E-state index contributed by atoms with van der Waals surface area (Å²) in [6, 6.07) is 24.5. The van der Waals surface area contributed by atoms with Crippen LogP contribution in [-0.4, -0.2) is 22.8 Å². The van der Waals surface area contributed by atoms with Gasteiger partial charge in [-0.1, -0.05) is 95.6 Å². The largest absolute Gasteiger partial charge is 0.504 e. The van der Waals surface area contributed by atoms with Crippen molar-refractivity contribution in [3.8, 4) is 11.3 Å². The average molecular weight is 470 g/mol. The molecule has 1 heterocycles. The molecule has 1 N–H and O–H groups in total. The highest BCUT2D eigenvalue weighted by Gasteiger charge is 2.30. The van der Waals surface area contributed by atoms with Crippen LogP contribution in [0.3, 0.4) is 0 Å². The van der Waals surface area contributed by atoms with Crippen molar-refractivity contribution in [2.75, 3.05) is 6.61 Å². The molecule has 0 aliphatic rings. The van der Waals surface area contributed by atoms with Crippen LogP contribution in [0, 0.1) is 0 Å². The molecule has 0 saturated carbocycles. The van der Waals surface area contributed by atoms with Crippen LogP contribution < -0.4 is 0 Å². The van der Waals surface area contributed by atoms with Gasteiger partial charge in [0.05, 0.1) is 11.6 Å². The van der Waals surface area contributed by atoms with E-state index in [0.29, 0.717) is 10.6 Å². The first-order valence-corrected chi connectivity index (χ1v) is 11.2. The van der Waals surface area contributed by atoms with Crippen molar-refractivity contribution in [3.63, 3.8) is 0 Å². The highest BCUT2D eigenvalue weighted by molar-refractivity contribution is 6.42. The number of aliphatic hydroxyl groups excluding tert-OH is 1. The lowest BCUT2D eigenvalue weighted by atomic mass is 9.92. The van der Waals surface area contributed by atoms with E-state index in [1.54, 1.807) is 6.92 Å². The van der Waals surface area contributed by atoms with Gasteiger partial charge in [-0.2, -0.15) is 0 Å². The molecule has 0 spiro atoms. The molecule has 5 rings (SSSR count). The number of rotatable bonds is 5. The van der Waals surface area contributed by atoms with Crippen molar-refractivity contribution in [1.82, 2.24) is 5.16 Å². The Morgan fingerprint density at radius 2 is 1.50 bits per heavy atom. The summed E-state index contributed by atoms with van der Waals surface area (Å²) in [7, 11) is 0. The molecule has 0 atom stereocenters. The number of carbonyl (C=O) groups excluding carboxylic acids is 1. The van der Waals surface area contributed by atoms with Crippen molar-refractivity contribution in [2.45, 2.75) is 6.92 Å². The number of hydrogen-bond donors (Lipinski definition) is 1. The summed E-state index contributed by atoms with van der Waals surface area (Å²) in [5.41, 5.74) is 1.77. The lowest BCUT2D eigenvalue weighted by molar-refractivity contribution is 0.0525. The fourth-order valence-electron chi connectivity index (χ4n) is 4.13. The number of benzene rings is 4. The number of halogens is 1. The van der Waals surface area contributed by atoms with Crippen molar-refractivity contribution < 1.29 is 19.2 Å². The first kappa shape index (κ1) is 21.7. The second-order valence-corrected chi connectivity index (χ2v) is 8.05. The molecule has 0 aliphatic carbocycles. The lowest BCUT2D eigenvalue weighted by Gasteiger charge is -2.13. The number of esters is 1. The van der Waals surface area contributed by atoms with E-state index in [2.05, 4.69) is 5.16 Å². The maximum atomic E-state index is 13.1. The van der Waals surface area contributed by atoms with Crippen LogP contribution in [-0.2, 0) is 4.74 Å². The molecule has 34 heavy (non-hydrogen) atoms. The predicted molar refractivity (Wildman–Crippen MR) is 135 cm³/mol. The molecule has 0 amide bonds. The first-order chi connectivity index (χ1) is 16.6. The lowest BCUT2D eigenvalue weighted by Crippen LogP contribution is -2.08. The number of ether oxygens (including phenoxy) is 1. The van der Waals surface area contributed by atoms with Gasteiger partial charge >= 0.3 is 5.97 Å². The first-order valence-electron chi connectivity index (χ1n) is 10.8. The van der Waals surface area contributed by atoms with E-state index < -0.39 is 5.97 Å². The minimum atomic E-state index is -0.634. The van der Waals surface area contributed by atoms with Crippen LogP contribution in [0.5, 0.6) is 0 Å². The quantitative estimate of drug-likeness (QED) is 0.163. The topological polar surface area (TPSA) is 72.6 Å². The zero-order valence-corrected chi connectivity index (χ0v) is 19.0. The van der Waals surface area contributed by atoms with E-state index in [4.69, 9.17) is 20.9 Å². The Balaban J connectivity index is 1.83. The number of aromatic nitrogens is 1.